The minimum atomic E-state index is -4.64. The van der Waals surface area contributed by atoms with Crippen LogP contribution in [0.5, 0.6) is 0 Å². The van der Waals surface area contributed by atoms with E-state index in [4.69, 9.17) is 4.74 Å². The van der Waals surface area contributed by atoms with Crippen molar-refractivity contribution in [2.24, 2.45) is 0 Å². The molecule has 0 amide bonds. The first kappa shape index (κ1) is 19.2. The number of nitrogens with one attached hydrogen (secondary N) is 2. The molecule has 0 aliphatic carbocycles. The molecule has 146 valence electrons. The number of hydrogen-bond acceptors (Lipinski definition) is 9. The molecule has 0 radical (unpaired) electrons. The molecular weight excluding hydrogens is 369 g/mol. The van der Waals surface area contributed by atoms with Gasteiger partial charge < -0.3 is 25.6 Å². The van der Waals surface area contributed by atoms with E-state index in [9.17, 15) is 23.4 Å². The smallest absolute Gasteiger partial charge is 0.388 e. The number of nitrogens with zero attached hydrogens (tertiary/aromatic N) is 4. The number of anilines is 2. The van der Waals surface area contributed by atoms with Gasteiger partial charge in [-0.1, -0.05) is 0 Å². The van der Waals surface area contributed by atoms with Crippen molar-refractivity contribution < 1.29 is 28.1 Å². The van der Waals surface area contributed by atoms with E-state index in [-0.39, 0.29) is 19.0 Å². The molecule has 2 aromatic rings. The minimum absolute atomic E-state index is 0.0526. The lowest BCUT2D eigenvalue weighted by Gasteiger charge is -2.38. The molecule has 1 saturated heterocycles. The molecule has 9 nitrogen and oxygen atoms in total. The van der Waals surface area contributed by atoms with E-state index in [2.05, 4.69) is 30.6 Å². The summed E-state index contributed by atoms with van der Waals surface area (Å²) in [5.41, 5.74) is -1.16. The Morgan fingerprint density at radius 2 is 1.85 bits per heavy atom. The molecular formula is C15H17F3N6O3. The summed E-state index contributed by atoms with van der Waals surface area (Å²) < 4.78 is 43.6. The maximum absolute atomic E-state index is 12.7. The van der Waals surface area contributed by atoms with Crippen LogP contribution in [0.2, 0.25) is 0 Å². The molecule has 12 heteroatoms. The number of hydrogen-bond donors (Lipinski definition) is 4. The average Bonchev–Trinajstić information content (AvgIpc) is 2.65. The maximum atomic E-state index is 12.7. The van der Waals surface area contributed by atoms with Gasteiger partial charge in [0.2, 0.25) is 0 Å². The van der Waals surface area contributed by atoms with Gasteiger partial charge in [-0.2, -0.15) is 13.2 Å². The summed E-state index contributed by atoms with van der Waals surface area (Å²) in [4.78, 5) is 14.8. The Morgan fingerprint density at radius 3 is 2.56 bits per heavy atom. The quantitative estimate of drug-likeness (QED) is 0.574. The first-order valence-electron chi connectivity index (χ1n) is 7.98. The van der Waals surface area contributed by atoms with Crippen molar-refractivity contribution in [2.75, 3.05) is 23.8 Å². The Hall–Kier alpha value is -2.57. The lowest BCUT2D eigenvalue weighted by molar-refractivity contribution is -0.141. The summed E-state index contributed by atoms with van der Waals surface area (Å²) >= 11 is 0. The molecule has 0 aromatic carbocycles. The fraction of sp³-hybridized carbons (Fsp3) is 0.467. The third kappa shape index (κ3) is 4.78. The van der Waals surface area contributed by atoms with Crippen LogP contribution in [0.1, 0.15) is 5.69 Å². The minimum Gasteiger partial charge on any atom is -0.388 e. The normalized spacial score (nSPS) is 25.8. The molecule has 3 heterocycles. The third-order valence-electron chi connectivity index (χ3n) is 3.94. The molecule has 0 saturated carbocycles. The van der Waals surface area contributed by atoms with E-state index >= 15 is 0 Å². The fourth-order valence-electron chi connectivity index (χ4n) is 2.55. The highest BCUT2D eigenvalue weighted by atomic mass is 19.4. The van der Waals surface area contributed by atoms with Crippen LogP contribution in [-0.4, -0.2) is 67.7 Å². The lowest BCUT2D eigenvalue weighted by Crippen LogP contribution is -2.57. The number of ether oxygens (including phenoxy) is 1. The summed E-state index contributed by atoms with van der Waals surface area (Å²) in [6.07, 6.45) is -1.77. The lowest BCUT2D eigenvalue weighted by atomic mass is 9.98. The van der Waals surface area contributed by atoms with Crippen molar-refractivity contribution in [3.05, 3.63) is 36.7 Å². The number of alkyl halides is 3. The topological polar surface area (TPSA) is 125 Å². The Kier molecular flexibility index (Phi) is 5.68. The highest BCUT2D eigenvalue weighted by Crippen LogP contribution is 2.28. The monoisotopic (exact) mass is 386 g/mol. The van der Waals surface area contributed by atoms with Crippen LogP contribution in [0.4, 0.5) is 24.8 Å². The van der Waals surface area contributed by atoms with Gasteiger partial charge in [0.15, 0.2) is 5.69 Å². The summed E-state index contributed by atoms with van der Waals surface area (Å²) in [6, 6.07) is -0.856. The SMILES string of the molecule is O[C@@H]1[C@H](O)[C@@H](Nc2cncc(C(F)(F)F)n2)CO[C@@H]1CNc1cnccn1. The molecule has 27 heavy (non-hydrogen) atoms. The van der Waals surface area contributed by atoms with Crippen molar-refractivity contribution in [3.8, 4) is 0 Å². The average molecular weight is 386 g/mol. The Morgan fingerprint density at radius 1 is 1.07 bits per heavy atom. The van der Waals surface area contributed by atoms with Crippen LogP contribution in [0.15, 0.2) is 31.0 Å². The number of halogens is 3. The predicted octanol–water partition coefficient (Wildman–Crippen LogP) is 0.299. The first-order valence-corrected chi connectivity index (χ1v) is 7.98. The first-order chi connectivity index (χ1) is 12.8. The van der Waals surface area contributed by atoms with Gasteiger partial charge in [0.1, 0.15) is 29.9 Å². The zero-order valence-electron chi connectivity index (χ0n) is 13.8. The second-order valence-electron chi connectivity index (χ2n) is 5.86. The number of aromatic nitrogens is 4. The van der Waals surface area contributed by atoms with Gasteiger partial charge in [0, 0.05) is 18.9 Å². The summed E-state index contributed by atoms with van der Waals surface area (Å²) in [5.74, 6) is 0.295. The predicted molar refractivity (Wildman–Crippen MR) is 86.7 cm³/mol. The molecule has 0 spiro atoms. The third-order valence-corrected chi connectivity index (χ3v) is 3.94. The van der Waals surface area contributed by atoms with Gasteiger partial charge in [0.05, 0.1) is 31.2 Å². The van der Waals surface area contributed by atoms with Crippen LogP contribution in [0, 0.1) is 0 Å². The van der Waals surface area contributed by atoms with E-state index in [0.717, 1.165) is 6.20 Å². The Labute approximate surface area is 151 Å². The van der Waals surface area contributed by atoms with Gasteiger partial charge >= 0.3 is 6.18 Å². The van der Waals surface area contributed by atoms with Crippen LogP contribution in [-0.2, 0) is 10.9 Å². The molecule has 1 fully saturated rings. The zero-order valence-corrected chi connectivity index (χ0v) is 13.8. The molecule has 0 bridgehead atoms. The van der Waals surface area contributed by atoms with Gasteiger partial charge in [-0.15, -0.1) is 0 Å². The van der Waals surface area contributed by atoms with Crippen LogP contribution >= 0.6 is 0 Å². The van der Waals surface area contributed by atoms with Gasteiger partial charge in [-0.05, 0) is 0 Å². The highest BCUT2D eigenvalue weighted by Gasteiger charge is 2.39. The van der Waals surface area contributed by atoms with E-state index in [0.29, 0.717) is 12.0 Å². The largest absolute Gasteiger partial charge is 0.434 e. The van der Waals surface area contributed by atoms with Gasteiger partial charge in [-0.25, -0.2) is 9.97 Å². The zero-order chi connectivity index (χ0) is 19.4. The Balaban J connectivity index is 1.59. The molecule has 0 unspecified atom stereocenters. The molecule has 1 aliphatic rings. The molecule has 3 rings (SSSR count). The van der Waals surface area contributed by atoms with Crippen molar-refractivity contribution in [2.45, 2.75) is 30.5 Å². The summed E-state index contributed by atoms with van der Waals surface area (Å²) in [7, 11) is 0. The van der Waals surface area contributed by atoms with Crippen molar-refractivity contribution in [3.63, 3.8) is 0 Å². The second kappa shape index (κ2) is 7.98. The van der Waals surface area contributed by atoms with Gasteiger partial charge in [-0.3, -0.25) is 9.97 Å². The molecule has 1 aliphatic heterocycles. The van der Waals surface area contributed by atoms with Crippen molar-refractivity contribution in [1.82, 2.24) is 19.9 Å². The Bertz CT molecular complexity index is 751. The van der Waals surface area contributed by atoms with Crippen LogP contribution in [0.25, 0.3) is 0 Å². The van der Waals surface area contributed by atoms with Crippen LogP contribution in [0.3, 0.4) is 0 Å². The molecule has 2 aromatic heterocycles. The molecule has 4 atom stereocenters. The second-order valence-corrected chi connectivity index (χ2v) is 5.86. The van der Waals surface area contributed by atoms with E-state index < -0.39 is 36.2 Å². The van der Waals surface area contributed by atoms with Crippen molar-refractivity contribution >= 4 is 11.6 Å². The highest BCUT2D eigenvalue weighted by molar-refractivity contribution is 5.35. The fourth-order valence-corrected chi connectivity index (χ4v) is 2.55. The van der Waals surface area contributed by atoms with Crippen molar-refractivity contribution in [1.29, 1.82) is 0 Å². The van der Waals surface area contributed by atoms with Crippen LogP contribution < -0.4 is 10.6 Å². The number of aliphatic hydroxyl groups excluding tert-OH is 2. The van der Waals surface area contributed by atoms with E-state index in [1.165, 1.54) is 18.6 Å². The summed E-state index contributed by atoms with van der Waals surface area (Å²) in [6.45, 7) is 0.107. The van der Waals surface area contributed by atoms with E-state index in [1.54, 1.807) is 0 Å². The van der Waals surface area contributed by atoms with E-state index in [1.807, 2.05) is 0 Å². The molecule has 4 N–H and O–H groups in total. The number of rotatable bonds is 5. The standard InChI is InChI=1S/C15H17F3N6O3/c16-15(17,18)10-4-20-6-12(24-10)23-8-7-27-9(14(26)13(8)25)3-22-11-5-19-1-2-21-11/h1-2,4-6,8-9,13-14,25-26H,3,7H2,(H,21,22)(H,23,24)/t8-,9+,13+,14-/m0/s1. The number of aliphatic hydroxyl groups is 2. The summed E-state index contributed by atoms with van der Waals surface area (Å²) in [5, 5.41) is 26.1. The maximum Gasteiger partial charge on any atom is 0.434 e. The van der Waals surface area contributed by atoms with Gasteiger partial charge in [0.25, 0.3) is 0 Å².